The molecule has 3 heteroatoms. The van der Waals surface area contributed by atoms with Gasteiger partial charge in [-0.2, -0.15) is 0 Å². The molecule has 3 atom stereocenters. The van der Waals surface area contributed by atoms with Gasteiger partial charge in [-0.05, 0) is 81.6 Å². The van der Waals surface area contributed by atoms with Crippen molar-refractivity contribution in [3.8, 4) is 0 Å². The normalized spacial score (nSPS) is 47.8. The van der Waals surface area contributed by atoms with Crippen molar-refractivity contribution in [1.29, 1.82) is 0 Å². The molecule has 4 aliphatic carbocycles. The smallest absolute Gasteiger partial charge is 0.226 e. The highest BCUT2D eigenvalue weighted by atomic mass is 16.2. The average molecular weight is 290 g/mol. The lowest BCUT2D eigenvalue weighted by Gasteiger charge is -2.60. The second-order valence-electron chi connectivity index (χ2n) is 8.89. The summed E-state index contributed by atoms with van der Waals surface area (Å²) in [6.07, 6.45) is 11.3. The van der Waals surface area contributed by atoms with Crippen LogP contribution in [-0.4, -0.2) is 25.0 Å². The lowest BCUT2D eigenvalue weighted by atomic mass is 9.44. The Labute approximate surface area is 128 Å². The highest BCUT2D eigenvalue weighted by molar-refractivity contribution is 5.83. The standard InChI is InChI=1S/C18H30N2O/c1-17-8-13-7-14(9-17)11-18(10-13,12-17)16(21)20-6-4-15-3-2-5-19-15/h13-15,19H,2-12H2,1H3,(H,20,21)/t13?,14?,15-,17?,18?/m1/s1. The van der Waals surface area contributed by atoms with E-state index in [2.05, 4.69) is 17.6 Å². The van der Waals surface area contributed by atoms with Crippen LogP contribution in [0.5, 0.6) is 0 Å². The number of rotatable bonds is 4. The van der Waals surface area contributed by atoms with E-state index >= 15 is 0 Å². The van der Waals surface area contributed by atoms with Crippen molar-refractivity contribution in [2.75, 3.05) is 13.1 Å². The molecule has 1 saturated heterocycles. The monoisotopic (exact) mass is 290 g/mol. The summed E-state index contributed by atoms with van der Waals surface area (Å²) in [6, 6.07) is 0.638. The molecular weight excluding hydrogens is 260 g/mol. The minimum absolute atomic E-state index is 0.00192. The first-order chi connectivity index (χ1) is 10.1. The van der Waals surface area contributed by atoms with Crippen LogP contribution in [0, 0.1) is 22.7 Å². The molecule has 2 N–H and O–H groups in total. The van der Waals surface area contributed by atoms with Crippen LogP contribution in [0.4, 0.5) is 0 Å². The van der Waals surface area contributed by atoms with Gasteiger partial charge in [-0.1, -0.05) is 6.92 Å². The van der Waals surface area contributed by atoms with Gasteiger partial charge < -0.3 is 10.6 Å². The molecule has 1 heterocycles. The van der Waals surface area contributed by atoms with E-state index in [1.807, 2.05) is 0 Å². The second kappa shape index (κ2) is 4.97. The van der Waals surface area contributed by atoms with Gasteiger partial charge in [-0.3, -0.25) is 4.79 Å². The zero-order valence-electron chi connectivity index (χ0n) is 13.4. The number of nitrogens with one attached hydrogen (secondary N) is 2. The lowest BCUT2D eigenvalue weighted by Crippen LogP contribution is -2.57. The summed E-state index contributed by atoms with van der Waals surface area (Å²) in [6.45, 7) is 4.46. The van der Waals surface area contributed by atoms with Gasteiger partial charge in [0.1, 0.15) is 0 Å². The Morgan fingerprint density at radius 2 is 2.00 bits per heavy atom. The molecule has 1 aliphatic heterocycles. The Hall–Kier alpha value is -0.570. The van der Waals surface area contributed by atoms with Crippen molar-refractivity contribution in [3.63, 3.8) is 0 Å². The third-order valence-corrected chi connectivity index (χ3v) is 6.78. The van der Waals surface area contributed by atoms with Crippen LogP contribution in [0.1, 0.15) is 64.7 Å². The molecule has 0 aromatic carbocycles. The van der Waals surface area contributed by atoms with Crippen LogP contribution in [0.2, 0.25) is 0 Å². The Balaban J connectivity index is 1.37. The third-order valence-electron chi connectivity index (χ3n) is 6.78. The van der Waals surface area contributed by atoms with Crippen LogP contribution in [0.15, 0.2) is 0 Å². The fraction of sp³-hybridized carbons (Fsp3) is 0.944. The van der Waals surface area contributed by atoms with Crippen molar-refractivity contribution in [2.24, 2.45) is 22.7 Å². The van der Waals surface area contributed by atoms with Gasteiger partial charge in [0.25, 0.3) is 0 Å². The third kappa shape index (κ3) is 2.52. The number of hydrogen-bond acceptors (Lipinski definition) is 2. The molecular formula is C18H30N2O. The summed E-state index contributed by atoms with van der Waals surface area (Å²) in [4.78, 5) is 12.9. The van der Waals surface area contributed by atoms with E-state index in [0.29, 0.717) is 17.4 Å². The maximum atomic E-state index is 12.9. The van der Waals surface area contributed by atoms with Crippen LogP contribution in [-0.2, 0) is 4.79 Å². The first-order valence-corrected chi connectivity index (χ1v) is 9.09. The van der Waals surface area contributed by atoms with E-state index in [9.17, 15) is 4.79 Å². The van der Waals surface area contributed by atoms with Crippen LogP contribution >= 0.6 is 0 Å². The molecule has 0 aromatic rings. The quantitative estimate of drug-likeness (QED) is 0.836. The molecule has 0 radical (unpaired) electrons. The topological polar surface area (TPSA) is 41.1 Å². The fourth-order valence-corrected chi connectivity index (χ4v) is 6.54. The van der Waals surface area contributed by atoms with Gasteiger partial charge in [0.05, 0.1) is 5.41 Å². The summed E-state index contributed by atoms with van der Waals surface area (Å²) >= 11 is 0. The molecule has 118 valence electrons. The van der Waals surface area contributed by atoms with Crippen molar-refractivity contribution < 1.29 is 4.79 Å². The van der Waals surface area contributed by atoms with E-state index in [1.54, 1.807) is 0 Å². The van der Waals surface area contributed by atoms with Gasteiger partial charge >= 0.3 is 0 Å². The number of carbonyl (C=O) groups excluding carboxylic acids is 1. The van der Waals surface area contributed by atoms with E-state index in [4.69, 9.17) is 0 Å². The van der Waals surface area contributed by atoms with E-state index in [-0.39, 0.29) is 5.41 Å². The van der Waals surface area contributed by atoms with Gasteiger partial charge in [0.2, 0.25) is 5.91 Å². The fourth-order valence-electron chi connectivity index (χ4n) is 6.54. The molecule has 0 aromatic heterocycles. The Bertz CT molecular complexity index is 413. The highest BCUT2D eigenvalue weighted by Crippen LogP contribution is 2.65. The highest BCUT2D eigenvalue weighted by Gasteiger charge is 2.58. The van der Waals surface area contributed by atoms with Crippen LogP contribution in [0.3, 0.4) is 0 Å². The molecule has 5 rings (SSSR count). The summed E-state index contributed by atoms with van der Waals surface area (Å²) in [7, 11) is 0. The minimum atomic E-state index is 0.00192. The second-order valence-corrected chi connectivity index (χ2v) is 8.89. The number of hydrogen-bond donors (Lipinski definition) is 2. The lowest BCUT2D eigenvalue weighted by molar-refractivity contribution is -0.155. The predicted molar refractivity (Wildman–Crippen MR) is 83.9 cm³/mol. The maximum Gasteiger partial charge on any atom is 0.226 e. The van der Waals surface area contributed by atoms with E-state index in [0.717, 1.165) is 37.8 Å². The van der Waals surface area contributed by atoms with Gasteiger partial charge in [-0.25, -0.2) is 0 Å². The Kier molecular flexibility index (Phi) is 3.33. The van der Waals surface area contributed by atoms with Gasteiger partial charge in [0, 0.05) is 12.6 Å². The predicted octanol–water partition coefficient (Wildman–Crippen LogP) is 2.85. The maximum absolute atomic E-state index is 12.9. The first kappa shape index (κ1) is 14.0. The summed E-state index contributed by atoms with van der Waals surface area (Å²) in [5.41, 5.74) is 0.469. The first-order valence-electron chi connectivity index (χ1n) is 9.09. The Morgan fingerprint density at radius 3 is 2.62 bits per heavy atom. The Morgan fingerprint density at radius 1 is 1.24 bits per heavy atom. The van der Waals surface area contributed by atoms with Crippen LogP contribution in [0.25, 0.3) is 0 Å². The van der Waals surface area contributed by atoms with Gasteiger partial charge in [-0.15, -0.1) is 0 Å². The molecule has 5 aliphatic rings. The summed E-state index contributed by atoms with van der Waals surface area (Å²) in [5.74, 6) is 2.05. The molecule has 4 saturated carbocycles. The zero-order chi connectivity index (χ0) is 14.5. The van der Waals surface area contributed by atoms with Crippen molar-refractivity contribution in [1.82, 2.24) is 10.6 Å². The SMILES string of the molecule is CC12CC3CC(C1)CC(C(=O)NCC[C@H]1CCCN1)(C3)C2. The van der Waals surface area contributed by atoms with Crippen LogP contribution < -0.4 is 10.6 Å². The molecule has 1 amide bonds. The van der Waals surface area contributed by atoms with E-state index < -0.39 is 0 Å². The van der Waals surface area contributed by atoms with Crippen molar-refractivity contribution in [2.45, 2.75) is 70.8 Å². The molecule has 2 unspecified atom stereocenters. The molecule has 3 nitrogen and oxygen atoms in total. The largest absolute Gasteiger partial charge is 0.356 e. The zero-order valence-corrected chi connectivity index (χ0v) is 13.4. The van der Waals surface area contributed by atoms with Crippen molar-refractivity contribution >= 4 is 5.91 Å². The minimum Gasteiger partial charge on any atom is -0.356 e. The molecule has 0 spiro atoms. The van der Waals surface area contributed by atoms with Gasteiger partial charge in [0.15, 0.2) is 0 Å². The molecule has 21 heavy (non-hydrogen) atoms. The van der Waals surface area contributed by atoms with E-state index in [1.165, 1.54) is 44.9 Å². The summed E-state index contributed by atoms with van der Waals surface area (Å²) in [5, 5.41) is 6.83. The molecule has 4 bridgehead atoms. The number of amides is 1. The number of carbonyl (C=O) groups is 1. The average Bonchev–Trinajstić information content (AvgIpc) is 2.88. The van der Waals surface area contributed by atoms with Crippen molar-refractivity contribution in [3.05, 3.63) is 0 Å². The summed E-state index contributed by atoms with van der Waals surface area (Å²) < 4.78 is 0. The molecule has 5 fully saturated rings.